The van der Waals surface area contributed by atoms with Gasteiger partial charge in [0.2, 0.25) is 0 Å². The molecule has 1 rings (SSSR count). The molecule has 0 amide bonds. The molecule has 0 bridgehead atoms. The summed E-state index contributed by atoms with van der Waals surface area (Å²) < 4.78 is 1.17. The van der Waals surface area contributed by atoms with Crippen LogP contribution in [0, 0.1) is 6.92 Å². The Morgan fingerprint density at radius 2 is 2.00 bits per heavy atom. The van der Waals surface area contributed by atoms with E-state index >= 15 is 0 Å². The first-order valence-electron chi connectivity index (χ1n) is 6.62. The third-order valence-electron chi connectivity index (χ3n) is 3.30. The van der Waals surface area contributed by atoms with Gasteiger partial charge in [-0.25, -0.2) is 0 Å². The summed E-state index contributed by atoms with van der Waals surface area (Å²) in [5.74, 6) is 0. The molecule has 0 heterocycles. The van der Waals surface area contributed by atoms with E-state index in [-0.39, 0.29) is 0 Å². The maximum atomic E-state index is 3.52. The number of nitrogens with one attached hydrogen (secondary N) is 1. The van der Waals surface area contributed by atoms with E-state index < -0.39 is 0 Å². The number of halogens is 1. The van der Waals surface area contributed by atoms with Crippen LogP contribution < -0.4 is 5.32 Å². The van der Waals surface area contributed by atoms with Crippen LogP contribution in [0.15, 0.2) is 22.7 Å². The van der Waals surface area contributed by atoms with Gasteiger partial charge in [-0.3, -0.25) is 0 Å². The second-order valence-electron chi connectivity index (χ2n) is 4.69. The number of hydrogen-bond donors (Lipinski definition) is 1. The highest BCUT2D eigenvalue weighted by Crippen LogP contribution is 2.25. The van der Waals surface area contributed by atoms with Crippen molar-refractivity contribution in [2.75, 3.05) is 7.05 Å². The quantitative estimate of drug-likeness (QED) is 0.699. The summed E-state index contributed by atoms with van der Waals surface area (Å²) >= 11 is 3.52. The zero-order chi connectivity index (χ0) is 12.7. The van der Waals surface area contributed by atoms with E-state index in [9.17, 15) is 0 Å². The molecule has 0 fully saturated rings. The third-order valence-corrected chi connectivity index (χ3v) is 3.80. The molecule has 1 aromatic carbocycles. The van der Waals surface area contributed by atoms with Gasteiger partial charge < -0.3 is 5.32 Å². The molecule has 1 aromatic rings. The van der Waals surface area contributed by atoms with Crippen LogP contribution in [0.2, 0.25) is 0 Å². The molecule has 0 radical (unpaired) electrons. The molecule has 0 aromatic heterocycles. The van der Waals surface area contributed by atoms with Gasteiger partial charge in [0.05, 0.1) is 0 Å². The Labute approximate surface area is 114 Å². The third kappa shape index (κ3) is 4.81. The molecular formula is C15H24BrN. The van der Waals surface area contributed by atoms with Gasteiger partial charge in [-0.1, -0.05) is 54.6 Å². The fourth-order valence-electron chi connectivity index (χ4n) is 2.26. The Morgan fingerprint density at radius 3 is 2.59 bits per heavy atom. The standard InChI is InChI=1S/C15H24BrN/c1-4-5-6-7-8-15(17-3)14-10-9-13(16)11-12(14)2/h9-11,15,17H,4-8H2,1-3H3. The molecule has 0 spiro atoms. The van der Waals surface area contributed by atoms with Gasteiger partial charge in [0.25, 0.3) is 0 Å². The first-order valence-corrected chi connectivity index (χ1v) is 7.41. The van der Waals surface area contributed by atoms with Crippen molar-refractivity contribution < 1.29 is 0 Å². The maximum Gasteiger partial charge on any atom is 0.0320 e. The summed E-state index contributed by atoms with van der Waals surface area (Å²) in [5, 5.41) is 3.44. The number of hydrogen-bond acceptors (Lipinski definition) is 1. The minimum Gasteiger partial charge on any atom is -0.313 e. The molecule has 17 heavy (non-hydrogen) atoms. The zero-order valence-electron chi connectivity index (χ0n) is 11.2. The SMILES string of the molecule is CCCCCCC(NC)c1ccc(Br)cc1C. The highest BCUT2D eigenvalue weighted by Gasteiger charge is 2.11. The topological polar surface area (TPSA) is 12.0 Å². The van der Waals surface area contributed by atoms with E-state index in [1.165, 1.54) is 47.7 Å². The summed E-state index contributed by atoms with van der Waals surface area (Å²) in [5.41, 5.74) is 2.81. The smallest absolute Gasteiger partial charge is 0.0320 e. The summed E-state index contributed by atoms with van der Waals surface area (Å²) in [4.78, 5) is 0. The van der Waals surface area contributed by atoms with Crippen molar-refractivity contribution in [3.63, 3.8) is 0 Å². The predicted octanol–water partition coefficient (Wildman–Crippen LogP) is 4.99. The molecule has 1 unspecified atom stereocenters. The average molecular weight is 298 g/mol. The maximum absolute atomic E-state index is 3.52. The molecule has 1 atom stereocenters. The van der Waals surface area contributed by atoms with E-state index in [4.69, 9.17) is 0 Å². The Balaban J connectivity index is 2.59. The Kier molecular flexibility index (Phi) is 6.83. The molecule has 0 saturated carbocycles. The van der Waals surface area contributed by atoms with Crippen LogP contribution in [0.25, 0.3) is 0 Å². The number of aryl methyl sites for hydroxylation is 1. The van der Waals surface area contributed by atoms with Crippen molar-refractivity contribution in [1.82, 2.24) is 5.32 Å². The van der Waals surface area contributed by atoms with Gasteiger partial charge in [0, 0.05) is 10.5 Å². The van der Waals surface area contributed by atoms with E-state index in [2.05, 4.69) is 60.3 Å². The second-order valence-corrected chi connectivity index (χ2v) is 5.61. The Bertz CT molecular complexity index is 336. The van der Waals surface area contributed by atoms with Crippen LogP contribution in [-0.2, 0) is 0 Å². The molecular weight excluding hydrogens is 274 g/mol. The van der Waals surface area contributed by atoms with Crippen molar-refractivity contribution in [3.8, 4) is 0 Å². The largest absolute Gasteiger partial charge is 0.313 e. The van der Waals surface area contributed by atoms with E-state index in [1.807, 2.05) is 0 Å². The lowest BCUT2D eigenvalue weighted by atomic mass is 9.96. The fraction of sp³-hybridized carbons (Fsp3) is 0.600. The lowest BCUT2D eigenvalue weighted by Crippen LogP contribution is -2.17. The van der Waals surface area contributed by atoms with Crippen LogP contribution in [-0.4, -0.2) is 7.05 Å². The zero-order valence-corrected chi connectivity index (χ0v) is 12.8. The molecule has 0 saturated heterocycles. The van der Waals surface area contributed by atoms with Crippen LogP contribution in [0.3, 0.4) is 0 Å². The predicted molar refractivity (Wildman–Crippen MR) is 79.4 cm³/mol. The van der Waals surface area contributed by atoms with Gasteiger partial charge in [-0.15, -0.1) is 0 Å². The van der Waals surface area contributed by atoms with Crippen molar-refractivity contribution in [1.29, 1.82) is 0 Å². The normalized spacial score (nSPS) is 12.7. The molecule has 1 N–H and O–H groups in total. The monoisotopic (exact) mass is 297 g/mol. The number of benzene rings is 1. The van der Waals surface area contributed by atoms with Gasteiger partial charge in [-0.05, 0) is 43.7 Å². The highest BCUT2D eigenvalue weighted by atomic mass is 79.9. The van der Waals surface area contributed by atoms with Crippen molar-refractivity contribution >= 4 is 15.9 Å². The summed E-state index contributed by atoms with van der Waals surface area (Å²) in [6.45, 7) is 4.45. The minimum absolute atomic E-state index is 0.500. The van der Waals surface area contributed by atoms with Gasteiger partial charge in [0.15, 0.2) is 0 Å². The Hall–Kier alpha value is -0.340. The van der Waals surface area contributed by atoms with Gasteiger partial charge in [0.1, 0.15) is 0 Å². The van der Waals surface area contributed by atoms with Gasteiger partial charge >= 0.3 is 0 Å². The van der Waals surface area contributed by atoms with Crippen molar-refractivity contribution in [2.45, 2.75) is 52.0 Å². The number of rotatable bonds is 7. The second kappa shape index (κ2) is 7.88. The highest BCUT2D eigenvalue weighted by molar-refractivity contribution is 9.10. The first-order chi connectivity index (χ1) is 8.19. The molecule has 1 nitrogen and oxygen atoms in total. The average Bonchev–Trinajstić information content (AvgIpc) is 2.31. The van der Waals surface area contributed by atoms with Crippen molar-refractivity contribution in [2.24, 2.45) is 0 Å². The van der Waals surface area contributed by atoms with E-state index in [0.29, 0.717) is 6.04 Å². The molecule has 0 aliphatic heterocycles. The molecule has 0 aliphatic carbocycles. The van der Waals surface area contributed by atoms with Crippen LogP contribution in [0.4, 0.5) is 0 Å². The van der Waals surface area contributed by atoms with Gasteiger partial charge in [-0.2, -0.15) is 0 Å². The van der Waals surface area contributed by atoms with Crippen LogP contribution in [0.5, 0.6) is 0 Å². The molecule has 0 aliphatic rings. The summed E-state index contributed by atoms with van der Waals surface area (Å²) in [6, 6.07) is 7.07. The Morgan fingerprint density at radius 1 is 1.24 bits per heavy atom. The first kappa shape index (κ1) is 14.7. The van der Waals surface area contributed by atoms with E-state index in [1.54, 1.807) is 0 Å². The summed E-state index contributed by atoms with van der Waals surface area (Å²) in [6.07, 6.45) is 6.56. The van der Waals surface area contributed by atoms with Crippen LogP contribution in [0.1, 0.15) is 56.2 Å². The molecule has 2 heteroatoms. The summed E-state index contributed by atoms with van der Waals surface area (Å²) in [7, 11) is 2.06. The van der Waals surface area contributed by atoms with Crippen molar-refractivity contribution in [3.05, 3.63) is 33.8 Å². The van der Waals surface area contributed by atoms with Crippen LogP contribution >= 0.6 is 15.9 Å². The number of unbranched alkanes of at least 4 members (excludes halogenated alkanes) is 3. The lowest BCUT2D eigenvalue weighted by molar-refractivity contribution is 0.503. The molecule has 96 valence electrons. The van der Waals surface area contributed by atoms with E-state index in [0.717, 1.165) is 0 Å². The minimum atomic E-state index is 0.500. The lowest BCUT2D eigenvalue weighted by Gasteiger charge is -2.19. The fourth-order valence-corrected chi connectivity index (χ4v) is 2.74.